The largest absolute Gasteiger partial charge is 0.494 e. The van der Waals surface area contributed by atoms with E-state index in [2.05, 4.69) is 15.5 Å². The van der Waals surface area contributed by atoms with Crippen molar-refractivity contribution in [1.29, 1.82) is 0 Å². The molecule has 8 nitrogen and oxygen atoms in total. The summed E-state index contributed by atoms with van der Waals surface area (Å²) >= 11 is 5.94. The van der Waals surface area contributed by atoms with E-state index < -0.39 is 0 Å². The second-order valence-electron chi connectivity index (χ2n) is 8.35. The van der Waals surface area contributed by atoms with Crippen molar-refractivity contribution in [3.05, 3.63) is 101 Å². The van der Waals surface area contributed by atoms with Crippen LogP contribution in [0.15, 0.2) is 84.9 Å². The number of fused-ring (bicyclic) bond motifs is 1. The van der Waals surface area contributed by atoms with E-state index >= 15 is 0 Å². The molecule has 0 unspecified atom stereocenters. The first-order valence-corrected chi connectivity index (χ1v) is 12.4. The van der Waals surface area contributed by atoms with Gasteiger partial charge in [-0.1, -0.05) is 23.7 Å². The van der Waals surface area contributed by atoms with Crippen molar-refractivity contribution in [1.82, 2.24) is 15.0 Å². The molecule has 9 heteroatoms. The van der Waals surface area contributed by atoms with E-state index in [1.165, 1.54) is 7.11 Å². The summed E-state index contributed by atoms with van der Waals surface area (Å²) in [6, 6.07) is 25.4. The summed E-state index contributed by atoms with van der Waals surface area (Å²) in [6.45, 7) is 2.89. The normalized spacial score (nSPS) is 10.8. The molecule has 0 bridgehead atoms. The summed E-state index contributed by atoms with van der Waals surface area (Å²) < 4.78 is 16.8. The zero-order valence-electron chi connectivity index (χ0n) is 20.8. The van der Waals surface area contributed by atoms with Crippen LogP contribution in [0.4, 0.5) is 5.69 Å². The highest BCUT2D eigenvalue weighted by atomic mass is 35.5. The number of amides is 1. The van der Waals surface area contributed by atoms with Crippen LogP contribution < -0.4 is 19.5 Å². The fourth-order valence-electron chi connectivity index (χ4n) is 3.82. The zero-order chi connectivity index (χ0) is 26.5. The van der Waals surface area contributed by atoms with Crippen LogP contribution >= 0.6 is 11.6 Å². The van der Waals surface area contributed by atoms with E-state index in [1.54, 1.807) is 35.1 Å². The molecule has 0 atom stereocenters. The predicted octanol–water partition coefficient (Wildman–Crippen LogP) is 6.31. The fraction of sp³-hybridized carbons (Fsp3) is 0.138. The molecule has 1 N–H and O–H groups in total. The first-order chi connectivity index (χ1) is 18.5. The van der Waals surface area contributed by atoms with Crippen molar-refractivity contribution in [3.63, 3.8) is 0 Å². The first kappa shape index (κ1) is 25.1. The Bertz CT molecular complexity index is 1570. The minimum absolute atomic E-state index is 0.286. The van der Waals surface area contributed by atoms with Crippen molar-refractivity contribution in [3.8, 4) is 22.9 Å². The van der Waals surface area contributed by atoms with Crippen molar-refractivity contribution >= 4 is 34.2 Å². The van der Waals surface area contributed by atoms with Gasteiger partial charge in [-0.2, -0.15) is 4.80 Å². The summed E-state index contributed by atoms with van der Waals surface area (Å²) in [7, 11) is 1.54. The molecule has 1 amide bonds. The summed E-state index contributed by atoms with van der Waals surface area (Å²) in [5, 5.41) is 12.7. The van der Waals surface area contributed by atoms with Crippen LogP contribution in [0.25, 0.3) is 16.7 Å². The van der Waals surface area contributed by atoms with Crippen molar-refractivity contribution in [2.24, 2.45) is 0 Å². The number of methoxy groups -OCH3 is 1. The molecule has 0 saturated carbocycles. The molecular weight excluding hydrogens is 504 g/mol. The van der Waals surface area contributed by atoms with Gasteiger partial charge in [-0.25, -0.2) is 0 Å². The summed E-state index contributed by atoms with van der Waals surface area (Å²) in [5.41, 5.74) is 4.16. The maximum absolute atomic E-state index is 13.0. The number of aromatic nitrogens is 3. The minimum atomic E-state index is -0.286. The Morgan fingerprint density at radius 1 is 0.868 bits per heavy atom. The van der Waals surface area contributed by atoms with Crippen molar-refractivity contribution in [2.45, 2.75) is 13.5 Å². The second kappa shape index (κ2) is 11.2. The number of hydrogen-bond donors (Lipinski definition) is 1. The van der Waals surface area contributed by atoms with Crippen LogP contribution in [0.3, 0.4) is 0 Å². The molecule has 192 valence electrons. The average Bonchev–Trinajstić information content (AvgIpc) is 3.37. The number of rotatable bonds is 9. The Balaban J connectivity index is 1.28. The Morgan fingerprint density at radius 3 is 2.37 bits per heavy atom. The smallest absolute Gasteiger partial charge is 0.255 e. The number of halogens is 1. The van der Waals surface area contributed by atoms with Crippen LogP contribution in [-0.2, 0) is 6.61 Å². The highest BCUT2D eigenvalue weighted by Crippen LogP contribution is 2.29. The molecule has 0 radical (unpaired) electrons. The van der Waals surface area contributed by atoms with E-state index in [0.717, 1.165) is 17.0 Å². The van der Waals surface area contributed by atoms with Gasteiger partial charge >= 0.3 is 0 Å². The quantitative estimate of drug-likeness (QED) is 0.241. The first-order valence-electron chi connectivity index (χ1n) is 12.0. The van der Waals surface area contributed by atoms with E-state index in [0.29, 0.717) is 52.0 Å². The minimum Gasteiger partial charge on any atom is -0.494 e. The van der Waals surface area contributed by atoms with E-state index in [1.807, 2.05) is 61.5 Å². The molecule has 5 rings (SSSR count). The van der Waals surface area contributed by atoms with Gasteiger partial charge in [0.15, 0.2) is 11.5 Å². The number of hydrogen-bond acceptors (Lipinski definition) is 6. The number of nitrogens with zero attached hydrogens (tertiary/aromatic N) is 3. The van der Waals surface area contributed by atoms with Gasteiger partial charge in [0.25, 0.3) is 5.91 Å². The van der Waals surface area contributed by atoms with Gasteiger partial charge in [0.1, 0.15) is 23.4 Å². The number of nitrogens with one attached hydrogen (secondary N) is 1. The van der Waals surface area contributed by atoms with Crippen LogP contribution in [0.2, 0.25) is 5.02 Å². The van der Waals surface area contributed by atoms with Gasteiger partial charge in [0, 0.05) is 16.3 Å². The van der Waals surface area contributed by atoms with E-state index in [9.17, 15) is 4.79 Å². The highest BCUT2D eigenvalue weighted by molar-refractivity contribution is 6.30. The Hall–Kier alpha value is -4.56. The lowest BCUT2D eigenvalue weighted by molar-refractivity contribution is 0.102. The number of ether oxygens (including phenoxy) is 3. The lowest BCUT2D eigenvalue weighted by Gasteiger charge is -2.12. The van der Waals surface area contributed by atoms with E-state index in [-0.39, 0.29) is 5.91 Å². The molecule has 0 aliphatic carbocycles. The number of benzene rings is 4. The lowest BCUT2D eigenvalue weighted by atomic mass is 10.1. The molecule has 38 heavy (non-hydrogen) atoms. The summed E-state index contributed by atoms with van der Waals surface area (Å²) in [6.07, 6.45) is 0. The van der Waals surface area contributed by atoms with Gasteiger partial charge in [-0.05, 0) is 85.3 Å². The van der Waals surface area contributed by atoms with Crippen LogP contribution in [0.5, 0.6) is 17.2 Å². The third-order valence-corrected chi connectivity index (χ3v) is 6.00. The lowest BCUT2D eigenvalue weighted by Crippen LogP contribution is -2.12. The fourth-order valence-corrected chi connectivity index (χ4v) is 3.95. The third-order valence-electron chi connectivity index (χ3n) is 5.75. The molecule has 0 saturated heterocycles. The Morgan fingerprint density at radius 2 is 1.63 bits per heavy atom. The third kappa shape index (κ3) is 5.71. The van der Waals surface area contributed by atoms with Crippen LogP contribution in [-0.4, -0.2) is 34.6 Å². The SMILES string of the molecule is CCOc1ccc(-n2nc3ccc(NC(=O)c4ccc(OCc5ccc(Cl)cc5)c(OC)c4)cc3n2)cc1. The maximum Gasteiger partial charge on any atom is 0.255 e. The molecule has 1 heterocycles. The average molecular weight is 529 g/mol. The van der Waals surface area contributed by atoms with Gasteiger partial charge in [0.2, 0.25) is 0 Å². The monoisotopic (exact) mass is 528 g/mol. The molecule has 0 aliphatic rings. The summed E-state index contributed by atoms with van der Waals surface area (Å²) in [5.74, 6) is 1.49. The Labute approximate surface area is 224 Å². The molecular formula is C29H25ClN4O4. The molecule has 0 fully saturated rings. The number of anilines is 1. The molecule has 0 spiro atoms. The topological polar surface area (TPSA) is 87.5 Å². The van der Waals surface area contributed by atoms with Crippen LogP contribution in [0.1, 0.15) is 22.8 Å². The molecule has 4 aromatic carbocycles. The Kier molecular flexibility index (Phi) is 7.42. The van der Waals surface area contributed by atoms with Crippen molar-refractivity contribution < 1.29 is 19.0 Å². The number of carbonyl (C=O) groups is 1. The molecule has 1 aromatic heterocycles. The highest BCUT2D eigenvalue weighted by Gasteiger charge is 2.13. The number of carbonyl (C=O) groups excluding carboxylic acids is 1. The molecule has 5 aromatic rings. The summed E-state index contributed by atoms with van der Waals surface area (Å²) in [4.78, 5) is 14.5. The van der Waals surface area contributed by atoms with E-state index in [4.69, 9.17) is 25.8 Å². The van der Waals surface area contributed by atoms with Gasteiger partial charge < -0.3 is 19.5 Å². The van der Waals surface area contributed by atoms with Crippen molar-refractivity contribution in [2.75, 3.05) is 19.0 Å². The van der Waals surface area contributed by atoms with Gasteiger partial charge in [-0.3, -0.25) is 4.79 Å². The van der Waals surface area contributed by atoms with Gasteiger partial charge in [0.05, 0.1) is 19.4 Å². The zero-order valence-corrected chi connectivity index (χ0v) is 21.6. The van der Waals surface area contributed by atoms with Crippen LogP contribution in [0, 0.1) is 0 Å². The molecule has 0 aliphatic heterocycles. The standard InChI is InChI=1S/C29H25ClN4O4/c1-3-37-24-12-10-23(11-13-24)34-32-25-14-9-22(17-26(25)33-34)31-29(35)20-6-15-27(28(16-20)36-2)38-18-19-4-7-21(30)8-5-19/h4-17H,3,18H2,1-2H3,(H,31,35). The van der Waals surface area contributed by atoms with Gasteiger partial charge in [-0.15, -0.1) is 10.2 Å². The second-order valence-corrected chi connectivity index (χ2v) is 8.79. The maximum atomic E-state index is 13.0. The predicted molar refractivity (Wildman–Crippen MR) is 147 cm³/mol.